The highest BCUT2D eigenvalue weighted by atomic mass is 16.6. The fourth-order valence-corrected chi connectivity index (χ4v) is 2.60. The van der Waals surface area contributed by atoms with Gasteiger partial charge in [0, 0.05) is 5.69 Å². The SMILES string of the molecule is CC(=O)C(C(C)=O)N1C(=O)COc2ccc(NC(=O)OC(C)(C)C)cc21. The summed E-state index contributed by atoms with van der Waals surface area (Å²) in [5, 5.41) is 2.56. The predicted molar refractivity (Wildman–Crippen MR) is 94.4 cm³/mol. The lowest BCUT2D eigenvalue weighted by Crippen LogP contribution is -2.52. The number of rotatable bonds is 4. The maximum absolute atomic E-state index is 12.3. The Labute approximate surface area is 151 Å². The lowest BCUT2D eigenvalue weighted by Gasteiger charge is -2.33. The van der Waals surface area contributed by atoms with Crippen LogP contribution >= 0.6 is 0 Å². The molecule has 0 atom stereocenters. The van der Waals surface area contributed by atoms with E-state index in [1.807, 2.05) is 0 Å². The van der Waals surface area contributed by atoms with Gasteiger partial charge < -0.3 is 9.47 Å². The Morgan fingerprint density at radius 3 is 2.35 bits per heavy atom. The summed E-state index contributed by atoms with van der Waals surface area (Å²) in [5.74, 6) is -1.08. The average Bonchev–Trinajstić information content (AvgIpc) is 2.47. The molecule has 0 bridgehead atoms. The topological polar surface area (TPSA) is 102 Å². The molecule has 0 spiro atoms. The highest BCUT2D eigenvalue weighted by Gasteiger charge is 2.37. The van der Waals surface area contributed by atoms with Crippen molar-refractivity contribution in [1.82, 2.24) is 0 Å². The average molecular weight is 362 g/mol. The molecule has 0 radical (unpaired) electrons. The molecule has 0 saturated carbocycles. The maximum Gasteiger partial charge on any atom is 0.412 e. The molecule has 0 aliphatic carbocycles. The van der Waals surface area contributed by atoms with Gasteiger partial charge in [-0.2, -0.15) is 0 Å². The van der Waals surface area contributed by atoms with Crippen LogP contribution in [0.15, 0.2) is 18.2 Å². The van der Waals surface area contributed by atoms with Gasteiger partial charge in [0.25, 0.3) is 5.91 Å². The molecule has 140 valence electrons. The summed E-state index contributed by atoms with van der Waals surface area (Å²) >= 11 is 0. The molecule has 26 heavy (non-hydrogen) atoms. The zero-order valence-corrected chi connectivity index (χ0v) is 15.4. The van der Waals surface area contributed by atoms with Gasteiger partial charge in [0.1, 0.15) is 11.4 Å². The molecule has 1 aliphatic heterocycles. The van der Waals surface area contributed by atoms with Crippen molar-refractivity contribution in [3.05, 3.63) is 18.2 Å². The lowest BCUT2D eigenvalue weighted by atomic mass is 10.1. The van der Waals surface area contributed by atoms with Crippen LogP contribution < -0.4 is 15.0 Å². The van der Waals surface area contributed by atoms with Crippen molar-refractivity contribution >= 4 is 34.9 Å². The first-order valence-corrected chi connectivity index (χ1v) is 8.09. The number of ketones is 2. The van der Waals surface area contributed by atoms with Crippen molar-refractivity contribution < 1.29 is 28.7 Å². The van der Waals surface area contributed by atoms with Crippen molar-refractivity contribution in [2.45, 2.75) is 46.3 Å². The zero-order valence-electron chi connectivity index (χ0n) is 15.4. The Morgan fingerprint density at radius 1 is 1.19 bits per heavy atom. The number of nitrogens with zero attached hydrogens (tertiary/aromatic N) is 1. The van der Waals surface area contributed by atoms with Crippen molar-refractivity contribution in [1.29, 1.82) is 0 Å². The van der Waals surface area contributed by atoms with E-state index in [4.69, 9.17) is 9.47 Å². The normalized spacial score (nSPS) is 13.8. The van der Waals surface area contributed by atoms with Crippen molar-refractivity contribution in [2.75, 3.05) is 16.8 Å². The van der Waals surface area contributed by atoms with E-state index in [-0.39, 0.29) is 12.3 Å². The lowest BCUT2D eigenvalue weighted by molar-refractivity contribution is -0.131. The molecule has 2 rings (SSSR count). The molecule has 1 N–H and O–H groups in total. The second kappa shape index (κ2) is 7.15. The Hall–Kier alpha value is -2.90. The number of fused-ring (bicyclic) bond motifs is 1. The van der Waals surface area contributed by atoms with Crippen LogP contribution in [0.5, 0.6) is 5.75 Å². The number of carbonyl (C=O) groups excluding carboxylic acids is 4. The summed E-state index contributed by atoms with van der Waals surface area (Å²) in [7, 11) is 0. The minimum Gasteiger partial charge on any atom is -0.482 e. The summed E-state index contributed by atoms with van der Waals surface area (Å²) in [4.78, 5) is 49.2. The number of nitrogens with one attached hydrogen (secondary N) is 1. The van der Waals surface area contributed by atoms with Gasteiger partial charge in [0.2, 0.25) is 0 Å². The second-order valence-corrected chi connectivity index (χ2v) is 6.99. The first-order chi connectivity index (χ1) is 12.0. The molecule has 1 aliphatic rings. The molecule has 1 aromatic carbocycles. The van der Waals surface area contributed by atoms with E-state index in [2.05, 4.69) is 5.32 Å². The number of ether oxygens (including phenoxy) is 2. The van der Waals surface area contributed by atoms with Gasteiger partial charge in [0.05, 0.1) is 5.69 Å². The standard InChI is InChI=1S/C18H22N2O6/c1-10(21)16(11(2)22)20-13-8-12(19-17(24)26-18(3,4)5)6-7-14(13)25-9-15(20)23/h6-8,16H,9H2,1-5H3,(H,19,24). The fraction of sp³-hybridized carbons (Fsp3) is 0.444. The minimum absolute atomic E-state index is 0.241. The number of carbonyl (C=O) groups is 4. The van der Waals surface area contributed by atoms with Crippen LogP contribution in [0.25, 0.3) is 0 Å². The third-order valence-electron chi connectivity index (χ3n) is 3.51. The van der Waals surface area contributed by atoms with E-state index < -0.39 is 35.2 Å². The third kappa shape index (κ3) is 4.38. The number of hydrogen-bond acceptors (Lipinski definition) is 6. The molecule has 8 nitrogen and oxygen atoms in total. The quantitative estimate of drug-likeness (QED) is 0.825. The van der Waals surface area contributed by atoms with E-state index in [9.17, 15) is 19.2 Å². The van der Waals surface area contributed by atoms with Crippen LogP contribution in [0, 0.1) is 0 Å². The maximum atomic E-state index is 12.3. The van der Waals surface area contributed by atoms with Gasteiger partial charge in [-0.3, -0.25) is 24.6 Å². The van der Waals surface area contributed by atoms with Gasteiger partial charge >= 0.3 is 6.09 Å². The molecular formula is C18H22N2O6. The Balaban J connectivity index is 2.38. The van der Waals surface area contributed by atoms with Gasteiger partial charge in [-0.25, -0.2) is 4.79 Å². The van der Waals surface area contributed by atoms with E-state index >= 15 is 0 Å². The van der Waals surface area contributed by atoms with Gasteiger partial charge in [-0.15, -0.1) is 0 Å². The summed E-state index contributed by atoms with van der Waals surface area (Å²) < 4.78 is 10.5. The Bertz CT molecular complexity index is 751. The van der Waals surface area contributed by atoms with Crippen LogP contribution in [0.1, 0.15) is 34.6 Å². The van der Waals surface area contributed by atoms with E-state index in [1.165, 1.54) is 19.9 Å². The molecular weight excluding hydrogens is 340 g/mol. The second-order valence-electron chi connectivity index (χ2n) is 6.99. The van der Waals surface area contributed by atoms with Crippen LogP contribution in [-0.4, -0.2) is 41.8 Å². The molecule has 0 unspecified atom stereocenters. The summed E-state index contributed by atoms with van der Waals surface area (Å²) in [6.07, 6.45) is -0.665. The molecule has 0 fully saturated rings. The highest BCUT2D eigenvalue weighted by Crippen LogP contribution is 2.36. The zero-order chi connectivity index (χ0) is 19.6. The van der Waals surface area contributed by atoms with Gasteiger partial charge in [0.15, 0.2) is 24.2 Å². The summed E-state index contributed by atoms with van der Waals surface area (Å²) in [6.45, 7) is 7.42. The minimum atomic E-state index is -1.23. The van der Waals surface area contributed by atoms with E-state index in [1.54, 1.807) is 32.9 Å². The Kier molecular flexibility index (Phi) is 5.34. The van der Waals surface area contributed by atoms with Crippen LogP contribution in [0.4, 0.5) is 16.2 Å². The van der Waals surface area contributed by atoms with Crippen molar-refractivity contribution in [3.8, 4) is 5.75 Å². The Morgan fingerprint density at radius 2 is 1.81 bits per heavy atom. The number of hydrogen-bond donors (Lipinski definition) is 1. The largest absolute Gasteiger partial charge is 0.482 e. The highest BCUT2D eigenvalue weighted by molar-refractivity contribution is 6.15. The van der Waals surface area contributed by atoms with Crippen molar-refractivity contribution in [2.24, 2.45) is 0 Å². The fourth-order valence-electron chi connectivity index (χ4n) is 2.60. The molecule has 0 saturated heterocycles. The predicted octanol–water partition coefficient (Wildman–Crippen LogP) is 2.31. The van der Waals surface area contributed by atoms with E-state index in [0.29, 0.717) is 11.4 Å². The van der Waals surface area contributed by atoms with Crippen LogP contribution in [-0.2, 0) is 19.1 Å². The summed E-state index contributed by atoms with van der Waals surface area (Å²) in [6, 6.07) is 3.36. The number of benzene rings is 1. The summed E-state index contributed by atoms with van der Waals surface area (Å²) in [5.41, 5.74) is -0.0880. The number of anilines is 2. The van der Waals surface area contributed by atoms with Crippen LogP contribution in [0.2, 0.25) is 0 Å². The van der Waals surface area contributed by atoms with Gasteiger partial charge in [-0.05, 0) is 52.8 Å². The first-order valence-electron chi connectivity index (χ1n) is 8.09. The van der Waals surface area contributed by atoms with Crippen molar-refractivity contribution in [3.63, 3.8) is 0 Å². The first kappa shape index (κ1) is 19.4. The monoisotopic (exact) mass is 362 g/mol. The third-order valence-corrected chi connectivity index (χ3v) is 3.51. The van der Waals surface area contributed by atoms with Crippen LogP contribution in [0.3, 0.4) is 0 Å². The molecule has 8 heteroatoms. The number of amides is 2. The molecule has 1 aromatic rings. The van der Waals surface area contributed by atoms with Gasteiger partial charge in [-0.1, -0.05) is 0 Å². The molecule has 0 aromatic heterocycles. The molecule has 2 amide bonds. The number of Topliss-reactive ketones (excluding diaryl/α,β-unsaturated/α-hetero) is 2. The smallest absolute Gasteiger partial charge is 0.412 e. The van der Waals surface area contributed by atoms with E-state index in [0.717, 1.165) is 4.90 Å². The molecule has 1 heterocycles.